The summed E-state index contributed by atoms with van der Waals surface area (Å²) in [7, 11) is 0. The second-order valence-electron chi connectivity index (χ2n) is 8.09. The van der Waals surface area contributed by atoms with Crippen molar-refractivity contribution in [3.63, 3.8) is 0 Å². The molecule has 1 fully saturated rings. The number of amides is 2. The highest BCUT2D eigenvalue weighted by molar-refractivity contribution is 6.17. The summed E-state index contributed by atoms with van der Waals surface area (Å²) in [4.78, 5) is 28.2. The molecule has 0 saturated carbocycles. The molecule has 1 aromatic rings. The van der Waals surface area contributed by atoms with E-state index in [1.165, 1.54) is 5.56 Å². The van der Waals surface area contributed by atoms with E-state index in [4.69, 9.17) is 16.3 Å². The van der Waals surface area contributed by atoms with Crippen molar-refractivity contribution in [1.82, 2.24) is 9.80 Å². The normalized spacial score (nSPS) is 15.0. The summed E-state index contributed by atoms with van der Waals surface area (Å²) in [6, 6.07) is 6.06. The van der Waals surface area contributed by atoms with Crippen LogP contribution in [0.4, 0.5) is 0 Å². The van der Waals surface area contributed by atoms with E-state index in [0.29, 0.717) is 44.9 Å². The average Bonchev–Trinajstić information content (AvgIpc) is 2.64. The van der Waals surface area contributed by atoms with Crippen molar-refractivity contribution in [2.45, 2.75) is 46.0 Å². The summed E-state index contributed by atoms with van der Waals surface area (Å²) in [5.41, 5.74) is 2.22. The molecular formula is C21H31ClN2O3. The van der Waals surface area contributed by atoms with Gasteiger partial charge in [-0.15, -0.1) is 11.6 Å². The molecule has 1 aliphatic heterocycles. The standard InChI is InChI=1S/C21H31ClN2O3/c1-16-7-8-18(17(14-16)21(2,3)4)27-15-20(26)24-12-10-23(11-13-24)19(25)6-5-9-22/h7-8,14H,5-6,9-13,15H2,1-4H3. The first kappa shape index (κ1) is 21.5. The minimum absolute atomic E-state index is 0.0202. The SMILES string of the molecule is Cc1ccc(OCC(=O)N2CCN(C(=O)CCCCl)CC2)c(C(C)(C)C)c1. The predicted octanol–water partition coefficient (Wildman–Crippen LogP) is 3.36. The maximum absolute atomic E-state index is 12.5. The van der Waals surface area contributed by atoms with Crippen LogP contribution in [0.3, 0.4) is 0 Å². The number of piperazine rings is 1. The number of hydrogen-bond acceptors (Lipinski definition) is 3. The van der Waals surface area contributed by atoms with Gasteiger partial charge in [0.1, 0.15) is 5.75 Å². The Bertz CT molecular complexity index is 662. The second-order valence-corrected chi connectivity index (χ2v) is 8.47. The second kappa shape index (κ2) is 9.45. The van der Waals surface area contributed by atoms with Gasteiger partial charge in [-0.05, 0) is 30.4 Å². The molecule has 1 aromatic carbocycles. The maximum atomic E-state index is 12.5. The number of halogens is 1. The first-order valence-corrected chi connectivity index (χ1v) is 10.1. The van der Waals surface area contributed by atoms with Crippen LogP contribution in [0.5, 0.6) is 5.75 Å². The number of ether oxygens (including phenoxy) is 1. The van der Waals surface area contributed by atoms with E-state index in [0.717, 1.165) is 11.3 Å². The van der Waals surface area contributed by atoms with Gasteiger partial charge in [-0.2, -0.15) is 0 Å². The highest BCUT2D eigenvalue weighted by Crippen LogP contribution is 2.32. The van der Waals surface area contributed by atoms with Crippen molar-refractivity contribution in [2.75, 3.05) is 38.7 Å². The van der Waals surface area contributed by atoms with Crippen LogP contribution >= 0.6 is 11.6 Å². The number of alkyl halides is 1. The molecule has 150 valence electrons. The van der Waals surface area contributed by atoms with Gasteiger partial charge >= 0.3 is 0 Å². The van der Waals surface area contributed by atoms with Gasteiger partial charge < -0.3 is 14.5 Å². The van der Waals surface area contributed by atoms with Crippen LogP contribution in [0.1, 0.15) is 44.7 Å². The Morgan fingerprint density at radius 1 is 1.07 bits per heavy atom. The Morgan fingerprint density at radius 3 is 2.22 bits per heavy atom. The molecule has 0 bridgehead atoms. The third kappa shape index (κ3) is 6.13. The average molecular weight is 395 g/mol. The Balaban J connectivity index is 1.88. The van der Waals surface area contributed by atoms with Gasteiger partial charge in [0, 0.05) is 38.5 Å². The van der Waals surface area contributed by atoms with Crippen molar-refractivity contribution in [3.8, 4) is 5.75 Å². The zero-order valence-electron chi connectivity index (χ0n) is 16.9. The lowest BCUT2D eigenvalue weighted by Crippen LogP contribution is -2.51. The molecule has 0 N–H and O–H groups in total. The highest BCUT2D eigenvalue weighted by atomic mass is 35.5. The predicted molar refractivity (Wildman–Crippen MR) is 108 cm³/mol. The molecule has 5 nitrogen and oxygen atoms in total. The molecule has 0 spiro atoms. The van der Waals surface area contributed by atoms with Crippen LogP contribution in [0, 0.1) is 6.92 Å². The van der Waals surface area contributed by atoms with Crippen molar-refractivity contribution >= 4 is 23.4 Å². The monoisotopic (exact) mass is 394 g/mol. The number of carbonyl (C=O) groups excluding carboxylic acids is 2. The molecule has 0 aliphatic carbocycles. The Labute approximate surface area is 167 Å². The molecule has 2 amide bonds. The molecule has 0 atom stereocenters. The lowest BCUT2D eigenvalue weighted by molar-refractivity contribution is -0.140. The van der Waals surface area contributed by atoms with E-state index in [-0.39, 0.29) is 23.8 Å². The number of benzene rings is 1. The number of rotatable bonds is 6. The first-order chi connectivity index (χ1) is 12.7. The summed E-state index contributed by atoms with van der Waals surface area (Å²) < 4.78 is 5.87. The van der Waals surface area contributed by atoms with Gasteiger partial charge in [0.25, 0.3) is 5.91 Å². The summed E-state index contributed by atoms with van der Waals surface area (Å²) in [6.07, 6.45) is 1.17. The van der Waals surface area contributed by atoms with E-state index in [1.807, 2.05) is 17.0 Å². The molecule has 0 aromatic heterocycles. The topological polar surface area (TPSA) is 49.9 Å². The quantitative estimate of drug-likeness (QED) is 0.695. The minimum Gasteiger partial charge on any atom is -0.483 e. The Kier molecular flexibility index (Phi) is 7.54. The maximum Gasteiger partial charge on any atom is 0.260 e. The minimum atomic E-state index is -0.0561. The Morgan fingerprint density at radius 2 is 1.67 bits per heavy atom. The molecule has 1 aliphatic rings. The van der Waals surface area contributed by atoms with Gasteiger partial charge in [-0.1, -0.05) is 38.5 Å². The van der Waals surface area contributed by atoms with Crippen molar-refractivity contribution in [1.29, 1.82) is 0 Å². The first-order valence-electron chi connectivity index (χ1n) is 9.58. The third-order valence-electron chi connectivity index (χ3n) is 4.80. The number of hydrogen-bond donors (Lipinski definition) is 0. The smallest absolute Gasteiger partial charge is 0.260 e. The van der Waals surface area contributed by atoms with E-state index >= 15 is 0 Å². The molecule has 2 rings (SSSR count). The zero-order chi connectivity index (χ0) is 20.0. The molecule has 0 unspecified atom stereocenters. The largest absolute Gasteiger partial charge is 0.483 e. The molecule has 1 saturated heterocycles. The van der Waals surface area contributed by atoms with E-state index in [2.05, 4.69) is 33.8 Å². The number of nitrogens with zero attached hydrogens (tertiary/aromatic N) is 2. The molecule has 27 heavy (non-hydrogen) atoms. The van der Waals surface area contributed by atoms with Crippen LogP contribution in [-0.4, -0.2) is 60.3 Å². The van der Waals surface area contributed by atoms with Gasteiger partial charge in [-0.25, -0.2) is 0 Å². The Hall–Kier alpha value is -1.75. The fraction of sp³-hybridized carbons (Fsp3) is 0.619. The summed E-state index contributed by atoms with van der Waals surface area (Å²) in [5.74, 6) is 1.34. The summed E-state index contributed by atoms with van der Waals surface area (Å²) in [5, 5.41) is 0. The van der Waals surface area contributed by atoms with Crippen LogP contribution in [0.15, 0.2) is 18.2 Å². The summed E-state index contributed by atoms with van der Waals surface area (Å²) in [6.45, 7) is 10.7. The van der Waals surface area contributed by atoms with Crippen molar-refractivity contribution < 1.29 is 14.3 Å². The molecule has 0 radical (unpaired) electrons. The van der Waals surface area contributed by atoms with Gasteiger partial charge in [0.05, 0.1) is 0 Å². The van der Waals surface area contributed by atoms with Crippen LogP contribution in [0.2, 0.25) is 0 Å². The van der Waals surface area contributed by atoms with Crippen molar-refractivity contribution in [3.05, 3.63) is 29.3 Å². The fourth-order valence-corrected chi connectivity index (χ4v) is 3.30. The number of carbonyl (C=O) groups is 2. The third-order valence-corrected chi connectivity index (χ3v) is 5.07. The number of aryl methyl sites for hydroxylation is 1. The lowest BCUT2D eigenvalue weighted by atomic mass is 9.85. The van der Waals surface area contributed by atoms with Crippen LogP contribution in [-0.2, 0) is 15.0 Å². The lowest BCUT2D eigenvalue weighted by Gasteiger charge is -2.35. The van der Waals surface area contributed by atoms with Crippen molar-refractivity contribution in [2.24, 2.45) is 0 Å². The van der Waals surface area contributed by atoms with Crippen LogP contribution in [0.25, 0.3) is 0 Å². The fourth-order valence-electron chi connectivity index (χ4n) is 3.17. The summed E-state index contributed by atoms with van der Waals surface area (Å²) >= 11 is 5.64. The van der Waals surface area contributed by atoms with E-state index in [9.17, 15) is 9.59 Å². The van der Waals surface area contributed by atoms with Gasteiger partial charge in [0.2, 0.25) is 5.91 Å². The molecule has 6 heteroatoms. The van der Waals surface area contributed by atoms with Gasteiger partial charge in [0.15, 0.2) is 6.61 Å². The molecular weight excluding hydrogens is 364 g/mol. The highest BCUT2D eigenvalue weighted by Gasteiger charge is 2.25. The van der Waals surface area contributed by atoms with Gasteiger partial charge in [-0.3, -0.25) is 9.59 Å². The molecule has 1 heterocycles. The van der Waals surface area contributed by atoms with E-state index in [1.54, 1.807) is 4.90 Å². The van der Waals surface area contributed by atoms with Crippen LogP contribution < -0.4 is 4.74 Å². The van der Waals surface area contributed by atoms with E-state index < -0.39 is 0 Å². The zero-order valence-corrected chi connectivity index (χ0v) is 17.6.